The van der Waals surface area contributed by atoms with Crippen molar-refractivity contribution >= 4 is 11.6 Å². The molecule has 2 aromatic carbocycles. The molecule has 0 radical (unpaired) electrons. The fraction of sp³-hybridized carbons (Fsp3) is 0.316. The second-order valence-corrected chi connectivity index (χ2v) is 6.18. The number of nitrogens with one attached hydrogen (secondary N) is 1. The zero-order valence-corrected chi connectivity index (χ0v) is 12.9. The number of amides is 1. The maximum atomic E-state index is 12.0. The highest BCUT2D eigenvalue weighted by Gasteiger charge is 2.49. The lowest BCUT2D eigenvalue weighted by Crippen LogP contribution is -2.22. The highest BCUT2D eigenvalue weighted by molar-refractivity contribution is 5.92. The van der Waals surface area contributed by atoms with Crippen molar-refractivity contribution in [2.24, 2.45) is 5.73 Å². The molecular weight excluding hydrogens is 272 g/mol. The Bertz CT molecular complexity index is 651. The van der Waals surface area contributed by atoms with Gasteiger partial charge < -0.3 is 11.1 Å². The summed E-state index contributed by atoms with van der Waals surface area (Å²) in [5.74, 6) is 0.471. The topological polar surface area (TPSA) is 55.1 Å². The van der Waals surface area contributed by atoms with E-state index in [1.807, 2.05) is 42.5 Å². The number of hydrogen-bond donors (Lipinski definition) is 2. The van der Waals surface area contributed by atoms with E-state index >= 15 is 0 Å². The Morgan fingerprint density at radius 1 is 1.18 bits per heavy atom. The number of carbonyl (C=O) groups excluding carboxylic acids is 1. The van der Waals surface area contributed by atoms with Crippen molar-refractivity contribution in [2.45, 2.75) is 37.6 Å². The van der Waals surface area contributed by atoms with E-state index in [4.69, 9.17) is 5.73 Å². The van der Waals surface area contributed by atoms with Gasteiger partial charge in [-0.05, 0) is 36.1 Å². The van der Waals surface area contributed by atoms with Gasteiger partial charge in [0.25, 0.3) is 0 Å². The Morgan fingerprint density at radius 3 is 2.45 bits per heavy atom. The van der Waals surface area contributed by atoms with Gasteiger partial charge in [-0.2, -0.15) is 0 Å². The van der Waals surface area contributed by atoms with Crippen LogP contribution in [0, 0.1) is 0 Å². The lowest BCUT2D eigenvalue weighted by atomic mass is 10.0. The molecule has 22 heavy (non-hydrogen) atoms. The smallest absolute Gasteiger partial charge is 0.228 e. The highest BCUT2D eigenvalue weighted by Crippen LogP contribution is 2.51. The van der Waals surface area contributed by atoms with Crippen molar-refractivity contribution in [1.29, 1.82) is 0 Å². The third kappa shape index (κ3) is 3.20. The Kier molecular flexibility index (Phi) is 3.99. The molecule has 3 N–H and O–H groups in total. The Morgan fingerprint density at radius 2 is 1.86 bits per heavy atom. The molecule has 1 aliphatic carbocycles. The quantitative estimate of drug-likeness (QED) is 0.887. The molecule has 0 aliphatic heterocycles. The molecule has 0 saturated heterocycles. The van der Waals surface area contributed by atoms with Gasteiger partial charge in [0.1, 0.15) is 0 Å². The highest BCUT2D eigenvalue weighted by atomic mass is 16.1. The van der Waals surface area contributed by atoms with Crippen LogP contribution in [0.5, 0.6) is 0 Å². The Balaban J connectivity index is 1.58. The molecule has 2 aromatic rings. The van der Waals surface area contributed by atoms with Gasteiger partial charge in [-0.15, -0.1) is 0 Å². The van der Waals surface area contributed by atoms with E-state index in [1.165, 1.54) is 5.56 Å². The first-order chi connectivity index (χ1) is 10.6. The molecule has 1 fully saturated rings. The summed E-state index contributed by atoms with van der Waals surface area (Å²) in [6.45, 7) is 2.14. The predicted molar refractivity (Wildman–Crippen MR) is 89.8 cm³/mol. The number of carbonyl (C=O) groups is 1. The fourth-order valence-electron chi connectivity index (χ4n) is 2.95. The molecule has 2 atom stereocenters. The maximum absolute atomic E-state index is 12.0. The largest absolute Gasteiger partial charge is 0.326 e. The van der Waals surface area contributed by atoms with Crippen LogP contribution in [0.4, 0.5) is 5.69 Å². The van der Waals surface area contributed by atoms with Crippen LogP contribution in [0.15, 0.2) is 54.6 Å². The van der Waals surface area contributed by atoms with Crippen molar-refractivity contribution in [2.75, 3.05) is 5.32 Å². The van der Waals surface area contributed by atoms with Crippen LogP contribution in [0.2, 0.25) is 0 Å². The van der Waals surface area contributed by atoms with Gasteiger partial charge >= 0.3 is 0 Å². The summed E-state index contributed by atoms with van der Waals surface area (Å²) in [7, 11) is 0. The molecule has 3 nitrogen and oxygen atoms in total. The summed E-state index contributed by atoms with van der Waals surface area (Å²) in [6, 6.07) is 17.8. The first kappa shape index (κ1) is 14.8. The second-order valence-electron chi connectivity index (χ2n) is 6.18. The zero-order chi connectivity index (χ0) is 15.6. The second kappa shape index (κ2) is 5.93. The molecule has 0 unspecified atom stereocenters. The fourth-order valence-corrected chi connectivity index (χ4v) is 2.95. The van der Waals surface area contributed by atoms with Crippen LogP contribution in [0.1, 0.15) is 36.8 Å². The molecule has 1 saturated carbocycles. The van der Waals surface area contributed by atoms with Crippen LogP contribution < -0.4 is 11.1 Å². The van der Waals surface area contributed by atoms with Gasteiger partial charge in [0.15, 0.2) is 0 Å². The van der Waals surface area contributed by atoms with E-state index in [9.17, 15) is 4.79 Å². The zero-order valence-electron chi connectivity index (χ0n) is 12.9. The standard InChI is InChI=1S/C19H22N2O/c1-2-19(20)13-17(19)15-8-10-16(11-9-15)21-18(22)12-14-6-4-3-5-7-14/h3-11,17H,2,12-13,20H2,1H3,(H,21,22)/t17-,19-/m0/s1. The van der Waals surface area contributed by atoms with E-state index < -0.39 is 0 Å². The first-order valence-electron chi connectivity index (χ1n) is 7.83. The van der Waals surface area contributed by atoms with E-state index in [0.717, 1.165) is 24.1 Å². The average molecular weight is 294 g/mol. The normalized spacial score (nSPS) is 23.1. The summed E-state index contributed by atoms with van der Waals surface area (Å²) in [5, 5.41) is 2.94. The van der Waals surface area contributed by atoms with E-state index in [2.05, 4.69) is 24.4 Å². The van der Waals surface area contributed by atoms with Crippen molar-refractivity contribution in [3.05, 3.63) is 65.7 Å². The molecule has 0 aromatic heterocycles. The summed E-state index contributed by atoms with van der Waals surface area (Å²) in [5.41, 5.74) is 9.37. The summed E-state index contributed by atoms with van der Waals surface area (Å²) < 4.78 is 0. The minimum absolute atomic E-state index is 0.00658. The number of rotatable bonds is 5. The number of anilines is 1. The number of hydrogen-bond acceptors (Lipinski definition) is 2. The van der Waals surface area contributed by atoms with Gasteiger partial charge in [0.2, 0.25) is 5.91 Å². The number of nitrogens with two attached hydrogens (primary N) is 1. The van der Waals surface area contributed by atoms with Gasteiger partial charge in [-0.25, -0.2) is 0 Å². The van der Waals surface area contributed by atoms with Crippen LogP contribution in [-0.4, -0.2) is 11.4 Å². The van der Waals surface area contributed by atoms with Gasteiger partial charge in [0, 0.05) is 17.1 Å². The first-order valence-corrected chi connectivity index (χ1v) is 7.83. The molecule has 0 heterocycles. The minimum Gasteiger partial charge on any atom is -0.326 e. The van der Waals surface area contributed by atoms with E-state index in [0.29, 0.717) is 12.3 Å². The monoisotopic (exact) mass is 294 g/mol. The summed E-state index contributed by atoms with van der Waals surface area (Å²) in [6.07, 6.45) is 2.46. The lowest BCUT2D eigenvalue weighted by Gasteiger charge is -2.09. The third-order valence-corrected chi connectivity index (χ3v) is 4.58. The van der Waals surface area contributed by atoms with E-state index in [1.54, 1.807) is 0 Å². The molecule has 0 spiro atoms. The molecular formula is C19H22N2O. The number of benzene rings is 2. The van der Waals surface area contributed by atoms with Crippen molar-refractivity contribution in [3.8, 4) is 0 Å². The molecule has 3 rings (SSSR count). The molecule has 1 amide bonds. The summed E-state index contributed by atoms with van der Waals surface area (Å²) in [4.78, 5) is 12.0. The van der Waals surface area contributed by atoms with Crippen LogP contribution in [0.25, 0.3) is 0 Å². The van der Waals surface area contributed by atoms with Gasteiger partial charge in [-0.1, -0.05) is 49.4 Å². The van der Waals surface area contributed by atoms with Crippen LogP contribution in [-0.2, 0) is 11.2 Å². The van der Waals surface area contributed by atoms with Crippen LogP contribution >= 0.6 is 0 Å². The predicted octanol–water partition coefficient (Wildman–Crippen LogP) is 3.46. The van der Waals surface area contributed by atoms with Crippen molar-refractivity contribution in [1.82, 2.24) is 0 Å². The van der Waals surface area contributed by atoms with Crippen molar-refractivity contribution in [3.63, 3.8) is 0 Å². The SMILES string of the molecule is CC[C@]1(N)C[C@H]1c1ccc(NC(=O)Cc2ccccc2)cc1. The van der Waals surface area contributed by atoms with E-state index in [-0.39, 0.29) is 11.4 Å². The van der Waals surface area contributed by atoms with Crippen molar-refractivity contribution < 1.29 is 4.79 Å². The third-order valence-electron chi connectivity index (χ3n) is 4.58. The molecule has 114 valence electrons. The van der Waals surface area contributed by atoms with Gasteiger partial charge in [-0.3, -0.25) is 4.79 Å². The van der Waals surface area contributed by atoms with Gasteiger partial charge in [0.05, 0.1) is 6.42 Å². The maximum Gasteiger partial charge on any atom is 0.228 e. The molecule has 3 heteroatoms. The lowest BCUT2D eigenvalue weighted by molar-refractivity contribution is -0.115. The summed E-state index contributed by atoms with van der Waals surface area (Å²) >= 11 is 0. The molecule has 1 aliphatic rings. The average Bonchev–Trinajstić information content (AvgIpc) is 3.22. The van der Waals surface area contributed by atoms with Crippen LogP contribution in [0.3, 0.4) is 0 Å². The minimum atomic E-state index is -0.0158. The molecule has 0 bridgehead atoms. The Labute approximate surface area is 131 Å². The Hall–Kier alpha value is -2.13.